The molecule has 0 aliphatic carbocycles. The summed E-state index contributed by atoms with van der Waals surface area (Å²) < 4.78 is 4.60. The van der Waals surface area contributed by atoms with Crippen molar-refractivity contribution in [1.82, 2.24) is 5.32 Å². The summed E-state index contributed by atoms with van der Waals surface area (Å²) >= 11 is 10.8. The Morgan fingerprint density at radius 3 is 2.37 bits per heavy atom. The molecule has 0 unspecified atom stereocenters. The summed E-state index contributed by atoms with van der Waals surface area (Å²) in [6, 6.07) is 5.35. The molecule has 1 atom stereocenters. The minimum absolute atomic E-state index is 0.115. The lowest BCUT2D eigenvalue weighted by molar-refractivity contribution is -0.144. The molecule has 0 heterocycles. The van der Waals surface area contributed by atoms with Crippen LogP contribution in [0.3, 0.4) is 0 Å². The number of esters is 1. The second-order valence-corrected chi connectivity index (χ2v) is 4.85. The Labute approximate surface area is 120 Å². The van der Waals surface area contributed by atoms with E-state index in [1.165, 1.54) is 19.2 Å². The number of amides is 1. The Morgan fingerprint density at radius 1 is 1.32 bits per heavy atom. The summed E-state index contributed by atoms with van der Waals surface area (Å²) in [5.41, 5.74) is 0.745. The van der Waals surface area contributed by atoms with Gasteiger partial charge in [-0.2, -0.15) is 0 Å². The molecular weight excluding hydrogens is 293 g/mol. The molecule has 0 saturated carbocycles. The Kier molecular flexibility index (Phi) is 5.92. The topological polar surface area (TPSA) is 75.6 Å². The summed E-state index contributed by atoms with van der Waals surface area (Å²) in [5, 5.41) is 11.6. The molecule has 0 saturated heterocycles. The molecule has 7 heteroatoms. The molecule has 0 radical (unpaired) electrons. The van der Waals surface area contributed by atoms with Crippen LogP contribution < -0.4 is 5.32 Å². The van der Waals surface area contributed by atoms with E-state index in [-0.39, 0.29) is 12.2 Å². The molecule has 1 amide bonds. The number of nitrogens with one attached hydrogen (secondary N) is 1. The van der Waals surface area contributed by atoms with Crippen LogP contribution in [-0.4, -0.2) is 35.0 Å². The number of methoxy groups -OCH3 is 1. The van der Waals surface area contributed by atoms with Gasteiger partial charge < -0.3 is 15.2 Å². The van der Waals surface area contributed by atoms with E-state index >= 15 is 0 Å². The molecule has 0 aromatic heterocycles. The molecule has 0 bridgehead atoms. The number of hydrogen-bond acceptors (Lipinski definition) is 4. The van der Waals surface area contributed by atoms with Gasteiger partial charge in [0.05, 0.1) is 7.11 Å². The van der Waals surface area contributed by atoms with Gasteiger partial charge in [-0.1, -0.05) is 35.3 Å². The first-order valence-electron chi connectivity index (χ1n) is 5.38. The van der Waals surface area contributed by atoms with Crippen molar-refractivity contribution in [2.45, 2.75) is 17.3 Å². The van der Waals surface area contributed by atoms with Crippen molar-refractivity contribution in [1.29, 1.82) is 0 Å². The molecule has 2 N–H and O–H groups in total. The van der Waals surface area contributed by atoms with Crippen LogP contribution >= 0.6 is 23.2 Å². The van der Waals surface area contributed by atoms with Crippen LogP contribution in [0.4, 0.5) is 0 Å². The van der Waals surface area contributed by atoms with Crippen LogP contribution in [0.1, 0.15) is 5.56 Å². The van der Waals surface area contributed by atoms with Crippen LogP contribution in [0.2, 0.25) is 0 Å². The van der Waals surface area contributed by atoms with Crippen LogP contribution in [-0.2, 0) is 20.7 Å². The third kappa shape index (κ3) is 4.96. The second-order valence-electron chi connectivity index (χ2n) is 3.76. The van der Waals surface area contributed by atoms with Crippen LogP contribution in [0.5, 0.6) is 5.75 Å². The van der Waals surface area contributed by atoms with E-state index in [0.717, 1.165) is 5.56 Å². The maximum absolute atomic E-state index is 11.6. The van der Waals surface area contributed by atoms with Crippen molar-refractivity contribution < 1.29 is 19.4 Å². The lowest BCUT2D eigenvalue weighted by Crippen LogP contribution is -2.45. The van der Waals surface area contributed by atoms with Gasteiger partial charge in [-0.25, -0.2) is 4.79 Å². The smallest absolute Gasteiger partial charge is 0.328 e. The number of alkyl halides is 2. The quantitative estimate of drug-likeness (QED) is 0.637. The number of ether oxygens (including phenoxy) is 1. The number of phenols is 1. The molecule has 19 heavy (non-hydrogen) atoms. The molecule has 5 nitrogen and oxygen atoms in total. The number of halogens is 2. The monoisotopic (exact) mass is 305 g/mol. The van der Waals surface area contributed by atoms with Crippen LogP contribution in [0.15, 0.2) is 24.3 Å². The maximum Gasteiger partial charge on any atom is 0.328 e. The highest BCUT2D eigenvalue weighted by Gasteiger charge is 2.24. The van der Waals surface area contributed by atoms with E-state index in [4.69, 9.17) is 28.3 Å². The number of phenolic OH excluding ortho intramolecular Hbond substituents is 1. The van der Waals surface area contributed by atoms with Crippen molar-refractivity contribution in [3.8, 4) is 5.75 Å². The molecule has 1 aromatic carbocycles. The Morgan fingerprint density at radius 2 is 1.89 bits per heavy atom. The lowest BCUT2D eigenvalue weighted by atomic mass is 10.1. The summed E-state index contributed by atoms with van der Waals surface area (Å²) in [4.78, 5) is 21.7. The van der Waals surface area contributed by atoms with Crippen molar-refractivity contribution in [3.63, 3.8) is 0 Å². The van der Waals surface area contributed by atoms with E-state index in [1.807, 2.05) is 0 Å². The SMILES string of the molecule is COC(=O)[C@H](Cc1ccc(O)cc1)NC(=O)C(Cl)Cl. The van der Waals surface area contributed by atoms with Crippen LogP contribution in [0, 0.1) is 0 Å². The summed E-state index contributed by atoms with van der Waals surface area (Å²) in [6.07, 6.45) is 0.208. The summed E-state index contributed by atoms with van der Waals surface area (Å²) in [7, 11) is 1.22. The van der Waals surface area contributed by atoms with Crippen molar-refractivity contribution in [3.05, 3.63) is 29.8 Å². The zero-order chi connectivity index (χ0) is 14.4. The number of benzene rings is 1. The predicted octanol–water partition coefficient (Wildman–Crippen LogP) is 1.40. The highest BCUT2D eigenvalue weighted by Crippen LogP contribution is 2.12. The number of hydrogen-bond donors (Lipinski definition) is 2. The third-order valence-corrected chi connectivity index (χ3v) is 2.77. The molecule has 0 fully saturated rings. The fraction of sp³-hybridized carbons (Fsp3) is 0.333. The van der Waals surface area contributed by atoms with E-state index in [2.05, 4.69) is 10.1 Å². The molecular formula is C12H13Cl2NO4. The second kappa shape index (κ2) is 7.21. The van der Waals surface area contributed by atoms with Gasteiger partial charge in [0.15, 0.2) is 4.84 Å². The van der Waals surface area contributed by atoms with Crippen molar-refractivity contribution >= 4 is 35.1 Å². The molecule has 1 aromatic rings. The average Bonchev–Trinajstić information content (AvgIpc) is 2.39. The molecule has 0 aliphatic heterocycles. The Balaban J connectivity index is 2.77. The zero-order valence-corrected chi connectivity index (χ0v) is 11.6. The van der Waals surface area contributed by atoms with Gasteiger partial charge in [-0.3, -0.25) is 4.79 Å². The van der Waals surface area contributed by atoms with Gasteiger partial charge in [0.1, 0.15) is 11.8 Å². The summed E-state index contributed by atoms with van der Waals surface area (Å²) in [6.45, 7) is 0. The van der Waals surface area contributed by atoms with Gasteiger partial charge in [0, 0.05) is 6.42 Å². The average molecular weight is 306 g/mol. The number of carbonyl (C=O) groups is 2. The van der Waals surface area contributed by atoms with Gasteiger partial charge >= 0.3 is 5.97 Å². The maximum atomic E-state index is 11.6. The highest BCUT2D eigenvalue weighted by molar-refractivity contribution is 6.53. The highest BCUT2D eigenvalue weighted by atomic mass is 35.5. The Hall–Kier alpha value is -1.46. The fourth-order valence-electron chi connectivity index (χ4n) is 1.44. The third-order valence-electron chi connectivity index (χ3n) is 2.38. The van der Waals surface area contributed by atoms with Gasteiger partial charge in [-0.15, -0.1) is 0 Å². The summed E-state index contributed by atoms with van der Waals surface area (Å²) in [5.74, 6) is -1.16. The van der Waals surface area contributed by atoms with E-state index in [9.17, 15) is 9.59 Å². The minimum Gasteiger partial charge on any atom is -0.508 e. The molecule has 104 valence electrons. The van der Waals surface area contributed by atoms with Crippen LogP contribution in [0.25, 0.3) is 0 Å². The van der Waals surface area contributed by atoms with Gasteiger partial charge in [0.25, 0.3) is 5.91 Å². The predicted molar refractivity (Wildman–Crippen MR) is 71.3 cm³/mol. The van der Waals surface area contributed by atoms with E-state index < -0.39 is 22.8 Å². The zero-order valence-electron chi connectivity index (χ0n) is 10.1. The van der Waals surface area contributed by atoms with Gasteiger partial charge in [-0.05, 0) is 17.7 Å². The number of rotatable bonds is 5. The standard InChI is InChI=1S/C12H13Cl2NO4/c1-19-12(18)9(15-11(17)10(13)14)6-7-2-4-8(16)5-3-7/h2-5,9-10,16H,6H2,1H3,(H,15,17)/t9-/m0/s1. The fourth-order valence-corrected chi connectivity index (χ4v) is 1.56. The molecule has 0 spiro atoms. The molecule has 1 rings (SSSR count). The number of aromatic hydroxyl groups is 1. The largest absolute Gasteiger partial charge is 0.508 e. The normalized spacial score (nSPS) is 12.0. The first-order valence-corrected chi connectivity index (χ1v) is 6.25. The van der Waals surface area contributed by atoms with Crippen molar-refractivity contribution in [2.24, 2.45) is 0 Å². The first-order chi connectivity index (χ1) is 8.93. The minimum atomic E-state index is -1.26. The Bertz CT molecular complexity index is 448. The van der Waals surface area contributed by atoms with E-state index in [0.29, 0.717) is 0 Å². The van der Waals surface area contributed by atoms with E-state index in [1.54, 1.807) is 12.1 Å². The first kappa shape index (κ1) is 15.6. The molecule has 0 aliphatic rings. The lowest BCUT2D eigenvalue weighted by Gasteiger charge is -2.17. The number of carbonyl (C=O) groups excluding carboxylic acids is 2. The van der Waals surface area contributed by atoms with Crippen molar-refractivity contribution in [2.75, 3.05) is 7.11 Å². The van der Waals surface area contributed by atoms with Gasteiger partial charge in [0.2, 0.25) is 0 Å².